The minimum atomic E-state index is -0.565. The number of carbonyl (C=O) groups excluding carboxylic acids is 2. The summed E-state index contributed by atoms with van der Waals surface area (Å²) in [4.78, 5) is 30.3. The van der Waals surface area contributed by atoms with Crippen molar-refractivity contribution in [3.05, 3.63) is 83.7 Å². The smallest absolute Gasteiger partial charge is 0.323 e. The number of anilines is 2. The third kappa shape index (κ3) is 7.53. The lowest BCUT2D eigenvalue weighted by Crippen LogP contribution is -2.49. The number of rotatable bonds is 9. The minimum absolute atomic E-state index is 0.0967. The van der Waals surface area contributed by atoms with E-state index in [1.165, 1.54) is 24.3 Å². The van der Waals surface area contributed by atoms with Gasteiger partial charge < -0.3 is 30.1 Å². The summed E-state index contributed by atoms with van der Waals surface area (Å²) in [6.45, 7) is 5.23. The molecule has 0 fully saturated rings. The van der Waals surface area contributed by atoms with E-state index >= 15 is 0 Å². The Labute approximate surface area is 239 Å². The number of likely N-dealkylation sites (N-methyl/N-ethyl adjacent to an activating group) is 1. The summed E-state index contributed by atoms with van der Waals surface area (Å²) in [5.74, 6) is 0.250. The van der Waals surface area contributed by atoms with E-state index in [4.69, 9.17) is 9.47 Å². The maximum Gasteiger partial charge on any atom is 0.323 e. The number of aliphatic hydroxyl groups excluding tert-OH is 1. The molecule has 3 N–H and O–H groups in total. The van der Waals surface area contributed by atoms with Gasteiger partial charge in [-0.15, -0.1) is 0 Å². The lowest BCUT2D eigenvalue weighted by molar-refractivity contribution is 0.0343. The predicted molar refractivity (Wildman–Crippen MR) is 156 cm³/mol. The highest BCUT2D eigenvalue weighted by Crippen LogP contribution is 2.35. The highest BCUT2D eigenvalue weighted by atomic mass is 19.1. The van der Waals surface area contributed by atoms with E-state index in [0.29, 0.717) is 36.6 Å². The number of fused-ring (bicyclic) bond motifs is 1. The minimum Gasteiger partial charge on any atom is -0.497 e. The molecule has 1 heterocycles. The third-order valence-electron chi connectivity index (χ3n) is 7.14. The zero-order chi connectivity index (χ0) is 29.5. The number of carbonyl (C=O) groups is 2. The first-order valence-corrected chi connectivity index (χ1v) is 13.5. The molecule has 0 aromatic heterocycles. The molecule has 3 aromatic carbocycles. The van der Waals surface area contributed by atoms with E-state index in [0.717, 1.165) is 11.3 Å². The van der Waals surface area contributed by atoms with Crippen molar-refractivity contribution in [2.24, 2.45) is 5.92 Å². The Bertz CT molecular complexity index is 1340. The van der Waals surface area contributed by atoms with Crippen LogP contribution in [0.4, 0.5) is 20.6 Å². The summed E-state index contributed by atoms with van der Waals surface area (Å²) in [7, 11) is 3.63. The first-order chi connectivity index (χ1) is 19.7. The van der Waals surface area contributed by atoms with Crippen LogP contribution in [0.3, 0.4) is 0 Å². The molecule has 0 bridgehead atoms. The highest BCUT2D eigenvalue weighted by molar-refractivity contribution is 6.04. The monoisotopic (exact) mass is 564 g/mol. The number of para-hydroxylation sites is 1. The van der Waals surface area contributed by atoms with Crippen LogP contribution in [0.2, 0.25) is 0 Å². The van der Waals surface area contributed by atoms with Gasteiger partial charge in [0.15, 0.2) is 5.75 Å². The summed E-state index contributed by atoms with van der Waals surface area (Å²) in [5, 5.41) is 15.4. The average Bonchev–Trinajstić information content (AvgIpc) is 2.96. The number of hydrogen-bond acceptors (Lipinski definition) is 6. The van der Waals surface area contributed by atoms with Crippen LogP contribution in [0.15, 0.2) is 66.7 Å². The van der Waals surface area contributed by atoms with E-state index in [9.17, 15) is 19.1 Å². The normalized spacial score (nSPS) is 17.6. The van der Waals surface area contributed by atoms with Gasteiger partial charge in [-0.1, -0.05) is 25.1 Å². The van der Waals surface area contributed by atoms with Crippen LogP contribution >= 0.6 is 0 Å². The topological polar surface area (TPSA) is 103 Å². The van der Waals surface area contributed by atoms with Gasteiger partial charge in [-0.05, 0) is 68.1 Å². The van der Waals surface area contributed by atoms with Gasteiger partial charge in [0.2, 0.25) is 0 Å². The maximum atomic E-state index is 13.7. The lowest BCUT2D eigenvalue weighted by atomic mass is 9.99. The number of hydrogen-bond donors (Lipinski definition) is 3. The number of urea groups is 1. The van der Waals surface area contributed by atoms with E-state index in [-0.39, 0.29) is 30.3 Å². The van der Waals surface area contributed by atoms with Gasteiger partial charge in [0.1, 0.15) is 17.7 Å². The average molecular weight is 565 g/mol. The molecule has 0 saturated carbocycles. The molecule has 1 aliphatic rings. The zero-order valence-corrected chi connectivity index (χ0v) is 23.8. The molecular weight excluding hydrogens is 527 g/mol. The molecule has 41 heavy (non-hydrogen) atoms. The molecule has 0 radical (unpaired) electrons. The zero-order valence-electron chi connectivity index (χ0n) is 23.8. The van der Waals surface area contributed by atoms with Crippen molar-refractivity contribution in [3.63, 3.8) is 0 Å². The Balaban J connectivity index is 1.61. The van der Waals surface area contributed by atoms with Crippen molar-refractivity contribution in [1.82, 2.24) is 9.80 Å². The van der Waals surface area contributed by atoms with E-state index in [1.807, 2.05) is 38.2 Å². The number of nitrogens with zero attached hydrogens (tertiary/aromatic N) is 2. The van der Waals surface area contributed by atoms with Crippen LogP contribution < -0.4 is 20.1 Å². The maximum absolute atomic E-state index is 13.7. The number of amides is 3. The third-order valence-corrected chi connectivity index (χ3v) is 7.14. The van der Waals surface area contributed by atoms with Gasteiger partial charge in [0, 0.05) is 31.2 Å². The fourth-order valence-corrected chi connectivity index (χ4v) is 4.79. The van der Waals surface area contributed by atoms with Gasteiger partial charge >= 0.3 is 6.03 Å². The van der Waals surface area contributed by atoms with Crippen LogP contribution in [0.5, 0.6) is 11.5 Å². The molecule has 0 saturated heterocycles. The lowest BCUT2D eigenvalue weighted by Gasteiger charge is -2.38. The number of benzene rings is 3. The van der Waals surface area contributed by atoms with Crippen LogP contribution in [-0.4, -0.2) is 72.8 Å². The number of ether oxygens (including phenoxy) is 2. The van der Waals surface area contributed by atoms with Crippen LogP contribution in [0.1, 0.15) is 29.8 Å². The van der Waals surface area contributed by atoms with Crippen molar-refractivity contribution >= 4 is 23.3 Å². The molecule has 4 rings (SSSR count). The number of aliphatic hydroxyl groups is 1. The van der Waals surface area contributed by atoms with Crippen LogP contribution in [0.25, 0.3) is 0 Å². The Morgan fingerprint density at radius 3 is 2.51 bits per heavy atom. The molecule has 3 aromatic rings. The first kappa shape index (κ1) is 29.8. The number of nitrogens with one attached hydrogen (secondary N) is 2. The SMILES string of the molecule is COc1ccc(CN(C)C[C@@H]2Oc3c(NC(=O)Nc4ccc(F)cc4)cccc3C(=O)N([C@H](C)CO)C[C@H]2C)cc1. The molecule has 1 aliphatic heterocycles. The molecule has 9 nitrogen and oxygen atoms in total. The first-order valence-electron chi connectivity index (χ1n) is 13.5. The van der Waals surface area contributed by atoms with Crippen molar-refractivity contribution in [2.75, 3.05) is 44.5 Å². The summed E-state index contributed by atoms with van der Waals surface area (Å²) >= 11 is 0. The largest absolute Gasteiger partial charge is 0.497 e. The summed E-state index contributed by atoms with van der Waals surface area (Å²) < 4.78 is 25.1. The fraction of sp³-hybridized carbons (Fsp3) is 0.355. The van der Waals surface area contributed by atoms with Crippen LogP contribution in [0, 0.1) is 11.7 Å². The second-order valence-electron chi connectivity index (χ2n) is 10.4. The molecular formula is C31H37FN4O5. The Hall–Kier alpha value is -4.15. The van der Waals surface area contributed by atoms with Crippen molar-refractivity contribution in [3.8, 4) is 11.5 Å². The summed E-state index contributed by atoms with van der Waals surface area (Å²) in [6.07, 6.45) is -0.346. The number of methoxy groups -OCH3 is 1. The van der Waals surface area contributed by atoms with Crippen molar-refractivity contribution < 1.29 is 28.6 Å². The van der Waals surface area contributed by atoms with Gasteiger partial charge in [-0.3, -0.25) is 9.69 Å². The van der Waals surface area contributed by atoms with E-state index in [1.54, 1.807) is 37.1 Å². The Morgan fingerprint density at radius 2 is 1.85 bits per heavy atom. The molecule has 10 heteroatoms. The second kappa shape index (κ2) is 13.5. The molecule has 218 valence electrons. The molecule has 3 amide bonds. The molecule has 0 unspecified atom stereocenters. The van der Waals surface area contributed by atoms with Crippen molar-refractivity contribution in [2.45, 2.75) is 32.5 Å². The predicted octanol–water partition coefficient (Wildman–Crippen LogP) is 4.83. The van der Waals surface area contributed by atoms with Gasteiger partial charge in [0.25, 0.3) is 5.91 Å². The van der Waals surface area contributed by atoms with Gasteiger partial charge in [-0.2, -0.15) is 0 Å². The highest BCUT2D eigenvalue weighted by Gasteiger charge is 2.34. The second-order valence-corrected chi connectivity index (χ2v) is 10.4. The fourth-order valence-electron chi connectivity index (χ4n) is 4.79. The van der Waals surface area contributed by atoms with Gasteiger partial charge in [0.05, 0.1) is 31.0 Å². The van der Waals surface area contributed by atoms with E-state index in [2.05, 4.69) is 15.5 Å². The molecule has 0 spiro atoms. The summed E-state index contributed by atoms with van der Waals surface area (Å²) in [5.41, 5.74) is 2.13. The number of halogens is 1. The Morgan fingerprint density at radius 1 is 1.15 bits per heavy atom. The van der Waals surface area contributed by atoms with E-state index < -0.39 is 17.9 Å². The summed E-state index contributed by atoms with van der Waals surface area (Å²) in [6, 6.07) is 17.3. The van der Waals surface area contributed by atoms with Crippen molar-refractivity contribution in [1.29, 1.82) is 0 Å². The standard InChI is InChI=1S/C31H37FN4O5/c1-20-16-36(21(2)19-37)30(38)26-6-5-7-27(34-31(39)33-24-12-10-23(32)11-13-24)29(26)41-28(20)18-35(3)17-22-8-14-25(40-4)15-9-22/h5-15,20-21,28,37H,16-19H2,1-4H3,(H2,33,34,39)/t20-,21-,28+/m1/s1. The quantitative estimate of drug-likeness (QED) is 0.344. The molecule has 0 aliphatic carbocycles. The Kier molecular flexibility index (Phi) is 9.80. The molecule has 3 atom stereocenters. The van der Waals surface area contributed by atoms with Crippen LogP contribution in [-0.2, 0) is 6.54 Å². The van der Waals surface area contributed by atoms with Gasteiger partial charge in [-0.25, -0.2) is 9.18 Å².